The van der Waals surface area contributed by atoms with Crippen LogP contribution in [0.4, 0.5) is 0 Å². The number of methoxy groups -OCH3 is 2. The molecule has 0 amide bonds. The Morgan fingerprint density at radius 2 is 1.73 bits per heavy atom. The highest BCUT2D eigenvalue weighted by atomic mass is 79.9. The Bertz CT molecular complexity index is 1610. The third kappa shape index (κ3) is 4.95. The van der Waals surface area contributed by atoms with Crippen molar-refractivity contribution < 1.29 is 23.7 Å². The zero-order valence-electron chi connectivity index (χ0n) is 21.6. The van der Waals surface area contributed by atoms with Crippen molar-refractivity contribution in [3.8, 4) is 23.0 Å². The summed E-state index contributed by atoms with van der Waals surface area (Å²) in [6.45, 7) is 0. The molecule has 0 aliphatic carbocycles. The minimum atomic E-state index is -0.543. The van der Waals surface area contributed by atoms with Crippen molar-refractivity contribution >= 4 is 43.5 Å². The maximum atomic E-state index is 12.8. The molecule has 202 valence electrons. The molecule has 0 aromatic heterocycles. The van der Waals surface area contributed by atoms with Gasteiger partial charge in [-0.1, -0.05) is 34.1 Å². The molecule has 2 aliphatic heterocycles. The topological polar surface area (TPSA) is 69.6 Å². The van der Waals surface area contributed by atoms with Crippen molar-refractivity contribution in [2.75, 3.05) is 14.2 Å². The van der Waals surface area contributed by atoms with Crippen LogP contribution < -0.4 is 18.9 Å². The summed E-state index contributed by atoms with van der Waals surface area (Å²) >= 11 is 7.20. The molecule has 0 saturated carbocycles. The van der Waals surface area contributed by atoms with E-state index >= 15 is 0 Å². The lowest BCUT2D eigenvalue weighted by atomic mass is 9.96. The van der Waals surface area contributed by atoms with Gasteiger partial charge in [0.15, 0.2) is 11.5 Å². The van der Waals surface area contributed by atoms with Gasteiger partial charge in [-0.05, 0) is 88.2 Å². The molecule has 4 aromatic carbocycles. The number of nitrogens with zero attached hydrogens (tertiary/aromatic N) is 2. The van der Waals surface area contributed by atoms with Crippen molar-refractivity contribution in [1.82, 2.24) is 5.01 Å². The monoisotopic (exact) mass is 662 g/mol. The lowest BCUT2D eigenvalue weighted by Crippen LogP contribution is -2.33. The van der Waals surface area contributed by atoms with Gasteiger partial charge in [0.1, 0.15) is 11.5 Å². The molecule has 0 radical (unpaired) electrons. The van der Waals surface area contributed by atoms with Gasteiger partial charge in [0.2, 0.25) is 6.23 Å². The predicted molar refractivity (Wildman–Crippen MR) is 158 cm³/mol. The van der Waals surface area contributed by atoms with Crippen LogP contribution in [0, 0.1) is 0 Å². The molecule has 0 saturated heterocycles. The van der Waals surface area contributed by atoms with E-state index in [1.165, 1.54) is 0 Å². The average Bonchev–Trinajstić information content (AvgIpc) is 3.44. The van der Waals surface area contributed by atoms with E-state index in [0.717, 1.165) is 38.4 Å². The molecule has 2 aliphatic rings. The van der Waals surface area contributed by atoms with Crippen LogP contribution in [0.15, 0.2) is 99.0 Å². The Morgan fingerprint density at radius 1 is 0.950 bits per heavy atom. The lowest BCUT2D eigenvalue weighted by Gasteiger charge is -2.38. The van der Waals surface area contributed by atoms with Crippen LogP contribution in [0.3, 0.4) is 0 Å². The second-order valence-electron chi connectivity index (χ2n) is 9.32. The summed E-state index contributed by atoms with van der Waals surface area (Å²) in [4.78, 5) is 12.8. The van der Waals surface area contributed by atoms with E-state index < -0.39 is 12.2 Å². The minimum Gasteiger partial charge on any atom is -0.497 e. The maximum Gasteiger partial charge on any atom is 0.343 e. The van der Waals surface area contributed by atoms with Crippen LogP contribution >= 0.6 is 31.9 Å². The third-order valence-corrected chi connectivity index (χ3v) is 8.00. The first-order valence-corrected chi connectivity index (χ1v) is 14.1. The summed E-state index contributed by atoms with van der Waals surface area (Å²) in [5.74, 6) is 1.79. The fourth-order valence-electron chi connectivity index (χ4n) is 4.94. The van der Waals surface area contributed by atoms with Crippen molar-refractivity contribution in [3.05, 3.63) is 116 Å². The molecule has 7 nitrogen and oxygen atoms in total. The third-order valence-electron chi connectivity index (χ3n) is 6.92. The highest BCUT2D eigenvalue weighted by Gasteiger charge is 2.41. The average molecular weight is 664 g/mol. The van der Waals surface area contributed by atoms with E-state index in [1.54, 1.807) is 38.5 Å². The Kier molecular flexibility index (Phi) is 7.25. The van der Waals surface area contributed by atoms with Gasteiger partial charge in [-0.25, -0.2) is 9.80 Å². The van der Waals surface area contributed by atoms with Gasteiger partial charge in [-0.2, -0.15) is 5.10 Å². The summed E-state index contributed by atoms with van der Waals surface area (Å²) in [6, 6.07) is 26.4. The largest absolute Gasteiger partial charge is 0.497 e. The van der Waals surface area contributed by atoms with Gasteiger partial charge in [0.05, 0.1) is 36.0 Å². The second-order valence-corrected chi connectivity index (χ2v) is 11.1. The Balaban J connectivity index is 1.38. The number of halogens is 2. The molecule has 6 rings (SSSR count). The van der Waals surface area contributed by atoms with Crippen molar-refractivity contribution in [3.63, 3.8) is 0 Å². The number of hydrogen-bond donors (Lipinski definition) is 0. The summed E-state index contributed by atoms with van der Waals surface area (Å²) in [7, 11) is 3.19. The van der Waals surface area contributed by atoms with E-state index in [4.69, 9.17) is 24.0 Å². The molecule has 9 heteroatoms. The molecule has 0 unspecified atom stereocenters. The molecule has 0 spiro atoms. The fraction of sp³-hybridized carbons (Fsp3) is 0.161. The number of ether oxygens (including phenoxy) is 4. The Labute approximate surface area is 248 Å². The minimum absolute atomic E-state index is 0.0382. The predicted octanol–water partition coefficient (Wildman–Crippen LogP) is 7.69. The van der Waals surface area contributed by atoms with Crippen LogP contribution in [0.1, 0.15) is 45.7 Å². The molecule has 2 atom stereocenters. The first-order valence-electron chi connectivity index (χ1n) is 12.6. The number of hydrazone groups is 1. The van der Waals surface area contributed by atoms with Crippen LogP contribution in [0.5, 0.6) is 23.0 Å². The van der Waals surface area contributed by atoms with Gasteiger partial charge in [0.25, 0.3) is 0 Å². The highest BCUT2D eigenvalue weighted by Crippen LogP contribution is 2.50. The van der Waals surface area contributed by atoms with Crippen LogP contribution in [-0.4, -0.2) is 30.9 Å². The molecule has 4 aromatic rings. The number of benzene rings is 4. The van der Waals surface area contributed by atoms with Crippen LogP contribution in [-0.2, 0) is 0 Å². The SMILES string of the molecule is COc1ccc(C2=NN3[C@@H](C2)c2cc(Br)ccc2O[C@H]3c2cc(Br)c(OC(=O)c3ccccc3)c(OC)c2)cc1. The van der Waals surface area contributed by atoms with Gasteiger partial charge in [0, 0.05) is 22.0 Å². The second kappa shape index (κ2) is 11.0. The molecule has 0 N–H and O–H groups in total. The number of esters is 1. The summed E-state index contributed by atoms with van der Waals surface area (Å²) in [5, 5.41) is 7.04. The highest BCUT2D eigenvalue weighted by molar-refractivity contribution is 9.10. The fourth-order valence-corrected chi connectivity index (χ4v) is 5.86. The van der Waals surface area contributed by atoms with E-state index in [1.807, 2.05) is 59.6 Å². The molecule has 2 heterocycles. The maximum absolute atomic E-state index is 12.8. The zero-order valence-corrected chi connectivity index (χ0v) is 24.8. The van der Waals surface area contributed by atoms with Crippen molar-refractivity contribution in [1.29, 1.82) is 0 Å². The standard InChI is InChI=1S/C31H24Br2N2O5/c1-37-22-11-8-18(9-12-22)25-17-26-23-16-21(32)10-13-27(23)39-30(35(26)34-25)20-14-24(33)29(28(15-20)38-2)40-31(36)19-6-4-3-5-7-19/h3-16,26,30H,17H2,1-2H3/t26-,30-/m0/s1. The number of carbonyl (C=O) groups is 1. The number of carbonyl (C=O) groups excluding carboxylic acids is 1. The normalized spacial score (nSPS) is 17.3. The quantitative estimate of drug-likeness (QED) is 0.156. The van der Waals surface area contributed by atoms with E-state index in [2.05, 4.69) is 37.9 Å². The zero-order chi connectivity index (χ0) is 27.8. The summed E-state index contributed by atoms with van der Waals surface area (Å²) < 4.78 is 24.8. The van der Waals surface area contributed by atoms with Crippen molar-refractivity contribution in [2.45, 2.75) is 18.7 Å². The lowest BCUT2D eigenvalue weighted by molar-refractivity contribution is -0.0192. The first-order chi connectivity index (χ1) is 19.4. The molecule has 0 fully saturated rings. The summed E-state index contributed by atoms with van der Waals surface area (Å²) in [5.41, 5.74) is 4.26. The van der Waals surface area contributed by atoms with Crippen LogP contribution in [0.25, 0.3) is 0 Å². The van der Waals surface area contributed by atoms with Gasteiger partial charge < -0.3 is 18.9 Å². The Hall–Kier alpha value is -3.82. The number of hydrogen-bond acceptors (Lipinski definition) is 7. The van der Waals surface area contributed by atoms with Gasteiger partial charge in [-0.15, -0.1) is 0 Å². The summed E-state index contributed by atoms with van der Waals surface area (Å²) in [6.07, 6.45) is 0.166. The van der Waals surface area contributed by atoms with Gasteiger partial charge >= 0.3 is 5.97 Å². The smallest absolute Gasteiger partial charge is 0.343 e. The molecule has 0 bridgehead atoms. The molecular formula is C31H24Br2N2O5. The van der Waals surface area contributed by atoms with E-state index in [0.29, 0.717) is 28.0 Å². The molecule has 40 heavy (non-hydrogen) atoms. The van der Waals surface area contributed by atoms with Gasteiger partial charge in [-0.3, -0.25) is 0 Å². The number of fused-ring (bicyclic) bond motifs is 3. The van der Waals surface area contributed by atoms with E-state index in [9.17, 15) is 4.79 Å². The first kappa shape index (κ1) is 26.4. The van der Waals surface area contributed by atoms with Crippen molar-refractivity contribution in [2.24, 2.45) is 5.10 Å². The Morgan fingerprint density at radius 3 is 2.45 bits per heavy atom. The molecular weight excluding hydrogens is 640 g/mol. The number of rotatable bonds is 6. The van der Waals surface area contributed by atoms with Crippen LogP contribution in [0.2, 0.25) is 0 Å². The van der Waals surface area contributed by atoms with E-state index in [-0.39, 0.29) is 6.04 Å².